The van der Waals surface area contributed by atoms with Crippen molar-refractivity contribution in [2.75, 3.05) is 12.9 Å². The van der Waals surface area contributed by atoms with Crippen molar-refractivity contribution in [1.82, 2.24) is 0 Å². The van der Waals surface area contributed by atoms with Crippen LogP contribution >= 0.6 is 11.3 Å². The van der Waals surface area contributed by atoms with Crippen molar-refractivity contribution in [3.8, 4) is 0 Å². The molecule has 0 aliphatic carbocycles. The van der Waals surface area contributed by atoms with Crippen LogP contribution in [0.25, 0.3) is 10.1 Å². The second-order valence-electron chi connectivity index (χ2n) is 3.76. The van der Waals surface area contributed by atoms with Crippen molar-refractivity contribution < 1.29 is 14.1 Å². The molecule has 4 nitrogen and oxygen atoms in total. The lowest BCUT2D eigenvalue weighted by molar-refractivity contribution is 0.0521. The standard InChI is InChI=1S/C13H12O4S2/c1-3-17-12(15)10-11(14)8-6-4-5-7-9(8)18-13(10)19(2)16/h4-7H,3H2,1-2H3. The molecule has 0 bridgehead atoms. The van der Waals surface area contributed by atoms with E-state index in [-0.39, 0.29) is 16.4 Å². The summed E-state index contributed by atoms with van der Waals surface area (Å²) in [6.07, 6.45) is 1.45. The second kappa shape index (κ2) is 5.73. The molecule has 0 N–H and O–H groups in total. The zero-order valence-corrected chi connectivity index (χ0v) is 12.1. The topological polar surface area (TPSA) is 66.4 Å². The van der Waals surface area contributed by atoms with Crippen molar-refractivity contribution in [1.29, 1.82) is 0 Å². The van der Waals surface area contributed by atoms with E-state index in [0.29, 0.717) is 10.1 Å². The van der Waals surface area contributed by atoms with Crippen molar-refractivity contribution in [3.63, 3.8) is 0 Å². The largest absolute Gasteiger partial charge is 0.611 e. The average Bonchev–Trinajstić information content (AvgIpc) is 2.38. The van der Waals surface area contributed by atoms with Crippen LogP contribution in [0.1, 0.15) is 17.3 Å². The van der Waals surface area contributed by atoms with Gasteiger partial charge in [0.25, 0.3) is 0 Å². The Morgan fingerprint density at radius 3 is 2.74 bits per heavy atom. The summed E-state index contributed by atoms with van der Waals surface area (Å²) >= 11 is -0.224. The van der Waals surface area contributed by atoms with Crippen molar-refractivity contribution in [2.45, 2.75) is 11.1 Å². The summed E-state index contributed by atoms with van der Waals surface area (Å²) in [5, 5.41) is 0.449. The van der Waals surface area contributed by atoms with Gasteiger partial charge in [-0.2, -0.15) is 0 Å². The van der Waals surface area contributed by atoms with Gasteiger partial charge in [0.2, 0.25) is 9.64 Å². The van der Waals surface area contributed by atoms with Crippen LogP contribution in [0.4, 0.5) is 0 Å². The highest BCUT2D eigenvalue weighted by molar-refractivity contribution is 7.93. The maximum Gasteiger partial charge on any atom is 0.348 e. The molecule has 0 aliphatic rings. The summed E-state index contributed by atoms with van der Waals surface area (Å²) in [4.78, 5) is 24.2. The molecular weight excluding hydrogens is 284 g/mol. The third-order valence-corrected chi connectivity index (χ3v) is 5.15. The zero-order valence-electron chi connectivity index (χ0n) is 10.5. The van der Waals surface area contributed by atoms with Gasteiger partial charge in [0, 0.05) is 10.1 Å². The van der Waals surface area contributed by atoms with E-state index in [1.165, 1.54) is 17.6 Å². The van der Waals surface area contributed by atoms with E-state index in [1.807, 2.05) is 0 Å². The molecular formula is C13H12O4S2. The van der Waals surface area contributed by atoms with E-state index < -0.39 is 22.6 Å². The first-order valence-electron chi connectivity index (χ1n) is 5.62. The Labute approximate surface area is 117 Å². The molecule has 0 spiro atoms. The minimum absolute atomic E-state index is 0.105. The lowest BCUT2D eigenvalue weighted by Gasteiger charge is -2.09. The van der Waals surface area contributed by atoms with Crippen LogP contribution in [0.15, 0.2) is 33.3 Å². The summed E-state index contributed by atoms with van der Waals surface area (Å²) < 4.78 is 17.6. The van der Waals surface area contributed by atoms with Gasteiger partial charge >= 0.3 is 5.97 Å². The summed E-state index contributed by atoms with van der Waals surface area (Å²) in [6.45, 7) is 1.83. The number of carbonyl (C=O) groups excluding carboxylic acids is 1. The Hall–Kier alpha value is -1.37. The van der Waals surface area contributed by atoms with Gasteiger partial charge in [-0.3, -0.25) is 4.79 Å². The zero-order chi connectivity index (χ0) is 14.0. The second-order valence-corrected chi connectivity index (χ2v) is 6.39. The predicted molar refractivity (Wildman–Crippen MR) is 76.4 cm³/mol. The van der Waals surface area contributed by atoms with E-state index in [0.717, 1.165) is 0 Å². The first-order valence-corrected chi connectivity index (χ1v) is 8.00. The Morgan fingerprint density at radius 2 is 2.11 bits per heavy atom. The Bertz CT molecular complexity index is 676. The normalized spacial score (nSPS) is 12.4. The molecule has 1 atom stereocenters. The van der Waals surface area contributed by atoms with Gasteiger partial charge in [0.1, 0.15) is 6.26 Å². The first-order chi connectivity index (χ1) is 9.06. The molecule has 1 aromatic heterocycles. The van der Waals surface area contributed by atoms with Crippen LogP contribution < -0.4 is 5.43 Å². The number of rotatable bonds is 3. The van der Waals surface area contributed by atoms with Crippen molar-refractivity contribution in [3.05, 3.63) is 40.1 Å². The molecule has 100 valence electrons. The molecule has 1 heterocycles. The fourth-order valence-corrected chi connectivity index (χ4v) is 3.80. The SMILES string of the molecule is CCOC(=O)c1c([S+](C)[O-])sc2ccccc2c1=O. The minimum Gasteiger partial charge on any atom is -0.611 e. The lowest BCUT2D eigenvalue weighted by atomic mass is 10.2. The molecule has 0 aliphatic heterocycles. The fourth-order valence-electron chi connectivity index (χ4n) is 1.70. The monoisotopic (exact) mass is 296 g/mol. The number of benzene rings is 1. The molecule has 6 heteroatoms. The maximum absolute atomic E-state index is 12.3. The van der Waals surface area contributed by atoms with Gasteiger partial charge in [-0.15, -0.1) is 0 Å². The molecule has 0 saturated carbocycles. The number of ether oxygens (including phenoxy) is 1. The Kier molecular flexibility index (Phi) is 4.24. The highest BCUT2D eigenvalue weighted by Crippen LogP contribution is 2.26. The summed E-state index contributed by atoms with van der Waals surface area (Å²) in [5.74, 6) is -0.709. The lowest BCUT2D eigenvalue weighted by Crippen LogP contribution is -2.21. The highest BCUT2D eigenvalue weighted by Gasteiger charge is 2.26. The average molecular weight is 296 g/mol. The van der Waals surface area contributed by atoms with Crippen LogP contribution in [0.2, 0.25) is 0 Å². The number of fused-ring (bicyclic) bond motifs is 1. The van der Waals surface area contributed by atoms with E-state index in [4.69, 9.17) is 4.74 Å². The molecule has 2 aromatic rings. The van der Waals surface area contributed by atoms with Gasteiger partial charge in [0.05, 0.1) is 6.61 Å². The Morgan fingerprint density at radius 1 is 1.42 bits per heavy atom. The molecule has 1 aromatic carbocycles. The number of carbonyl (C=O) groups is 1. The van der Waals surface area contributed by atoms with E-state index in [1.54, 1.807) is 31.2 Å². The molecule has 2 rings (SSSR count). The van der Waals surface area contributed by atoms with Crippen LogP contribution in [-0.4, -0.2) is 23.4 Å². The van der Waals surface area contributed by atoms with Gasteiger partial charge in [-0.25, -0.2) is 4.79 Å². The van der Waals surface area contributed by atoms with Gasteiger partial charge in [0.15, 0.2) is 5.56 Å². The third-order valence-electron chi connectivity index (χ3n) is 2.51. The van der Waals surface area contributed by atoms with E-state index in [9.17, 15) is 14.1 Å². The van der Waals surface area contributed by atoms with Crippen LogP contribution in [0.3, 0.4) is 0 Å². The molecule has 0 radical (unpaired) electrons. The van der Waals surface area contributed by atoms with Gasteiger partial charge in [-0.05, 0) is 30.2 Å². The number of hydrogen-bond acceptors (Lipinski definition) is 5. The molecule has 0 saturated heterocycles. The van der Waals surface area contributed by atoms with E-state index >= 15 is 0 Å². The molecule has 0 amide bonds. The summed E-state index contributed by atoms with van der Waals surface area (Å²) in [5.41, 5.74) is -0.524. The predicted octanol–water partition coefficient (Wildman–Crippen LogP) is 2.18. The summed E-state index contributed by atoms with van der Waals surface area (Å²) in [6, 6.07) is 6.95. The van der Waals surface area contributed by atoms with Crippen LogP contribution in [0, 0.1) is 0 Å². The highest BCUT2D eigenvalue weighted by atomic mass is 32.2. The third kappa shape index (κ3) is 2.65. The maximum atomic E-state index is 12.3. The quantitative estimate of drug-likeness (QED) is 0.643. The molecule has 1 unspecified atom stereocenters. The van der Waals surface area contributed by atoms with Crippen molar-refractivity contribution in [2.24, 2.45) is 0 Å². The number of esters is 1. The minimum atomic E-state index is -1.41. The van der Waals surface area contributed by atoms with Crippen LogP contribution in [-0.2, 0) is 15.9 Å². The van der Waals surface area contributed by atoms with Gasteiger partial charge < -0.3 is 9.29 Å². The smallest absolute Gasteiger partial charge is 0.348 e. The van der Waals surface area contributed by atoms with Crippen molar-refractivity contribution >= 4 is 38.6 Å². The summed E-state index contributed by atoms with van der Waals surface area (Å²) in [7, 11) is 0. The van der Waals surface area contributed by atoms with Gasteiger partial charge in [-0.1, -0.05) is 23.5 Å². The molecule has 0 fully saturated rings. The van der Waals surface area contributed by atoms with Crippen LogP contribution in [0.5, 0.6) is 0 Å². The Balaban J connectivity index is 2.79. The molecule has 19 heavy (non-hydrogen) atoms. The van der Waals surface area contributed by atoms with E-state index in [2.05, 4.69) is 0 Å². The number of hydrogen-bond donors (Lipinski definition) is 0. The fraction of sp³-hybridized carbons (Fsp3) is 0.231. The first kappa shape index (κ1) is 14.0.